The Morgan fingerprint density at radius 3 is 3.00 bits per heavy atom. The smallest absolute Gasteiger partial charge is 0.127 e. The standard InChI is InChI=1S/C11H17N3O/c1-12-11-6-9(2-3-13-11)14-7-8-4-10(15)5-8/h2-3,6,8,10,15H,4-5,7H2,1H3,(H2,12,13,14). The van der Waals surface area contributed by atoms with Gasteiger partial charge in [0.1, 0.15) is 5.82 Å². The molecule has 1 aromatic heterocycles. The zero-order chi connectivity index (χ0) is 10.7. The summed E-state index contributed by atoms with van der Waals surface area (Å²) in [6.45, 7) is 0.935. The van der Waals surface area contributed by atoms with Crippen LogP contribution in [-0.2, 0) is 0 Å². The first-order valence-corrected chi connectivity index (χ1v) is 5.33. The lowest BCUT2D eigenvalue weighted by Crippen LogP contribution is -2.33. The summed E-state index contributed by atoms with van der Waals surface area (Å²) in [7, 11) is 1.86. The predicted octanol–water partition coefficient (Wildman–Crippen LogP) is 1.31. The van der Waals surface area contributed by atoms with Gasteiger partial charge < -0.3 is 15.7 Å². The van der Waals surface area contributed by atoms with Gasteiger partial charge in [0, 0.05) is 31.5 Å². The maximum absolute atomic E-state index is 9.15. The molecule has 0 saturated heterocycles. The second kappa shape index (κ2) is 4.49. The van der Waals surface area contributed by atoms with Gasteiger partial charge in [0.15, 0.2) is 0 Å². The van der Waals surface area contributed by atoms with E-state index in [1.54, 1.807) is 6.20 Å². The van der Waals surface area contributed by atoms with E-state index in [1.165, 1.54) is 0 Å². The molecule has 82 valence electrons. The van der Waals surface area contributed by atoms with Gasteiger partial charge in [-0.25, -0.2) is 4.98 Å². The van der Waals surface area contributed by atoms with E-state index in [0.717, 1.165) is 30.9 Å². The topological polar surface area (TPSA) is 57.2 Å². The van der Waals surface area contributed by atoms with Crippen LogP contribution in [0.15, 0.2) is 18.3 Å². The van der Waals surface area contributed by atoms with Crippen LogP contribution >= 0.6 is 0 Å². The van der Waals surface area contributed by atoms with Crippen molar-refractivity contribution in [2.45, 2.75) is 18.9 Å². The van der Waals surface area contributed by atoms with Gasteiger partial charge >= 0.3 is 0 Å². The summed E-state index contributed by atoms with van der Waals surface area (Å²) in [6, 6.07) is 3.94. The molecule has 15 heavy (non-hydrogen) atoms. The molecule has 3 N–H and O–H groups in total. The summed E-state index contributed by atoms with van der Waals surface area (Å²) in [4.78, 5) is 4.14. The molecule has 0 aromatic carbocycles. The Morgan fingerprint density at radius 1 is 1.53 bits per heavy atom. The van der Waals surface area contributed by atoms with Gasteiger partial charge in [-0.3, -0.25) is 0 Å². The lowest BCUT2D eigenvalue weighted by atomic mass is 9.82. The minimum absolute atomic E-state index is 0.0675. The van der Waals surface area contributed by atoms with E-state index >= 15 is 0 Å². The molecular weight excluding hydrogens is 190 g/mol. The molecule has 0 unspecified atom stereocenters. The van der Waals surface area contributed by atoms with Crippen molar-refractivity contribution in [1.29, 1.82) is 0 Å². The Balaban J connectivity index is 1.82. The molecule has 4 heteroatoms. The van der Waals surface area contributed by atoms with E-state index < -0.39 is 0 Å². The second-order valence-electron chi connectivity index (χ2n) is 4.05. The van der Waals surface area contributed by atoms with Gasteiger partial charge in [0.25, 0.3) is 0 Å². The number of hydrogen-bond acceptors (Lipinski definition) is 4. The van der Waals surface area contributed by atoms with E-state index in [-0.39, 0.29) is 6.10 Å². The number of aromatic nitrogens is 1. The van der Waals surface area contributed by atoms with Crippen molar-refractivity contribution in [2.75, 3.05) is 24.2 Å². The lowest BCUT2D eigenvalue weighted by Gasteiger charge is -2.31. The normalized spacial score (nSPS) is 24.4. The Morgan fingerprint density at radius 2 is 2.33 bits per heavy atom. The van der Waals surface area contributed by atoms with Crippen molar-refractivity contribution in [3.8, 4) is 0 Å². The number of rotatable bonds is 4. The highest BCUT2D eigenvalue weighted by atomic mass is 16.3. The molecule has 1 aliphatic rings. The Labute approximate surface area is 89.7 Å². The maximum atomic E-state index is 9.15. The molecular formula is C11H17N3O. The highest BCUT2D eigenvalue weighted by molar-refractivity contribution is 5.51. The summed E-state index contributed by atoms with van der Waals surface area (Å²) in [6.07, 6.45) is 3.57. The zero-order valence-electron chi connectivity index (χ0n) is 8.90. The first kappa shape index (κ1) is 10.2. The van der Waals surface area contributed by atoms with Crippen LogP contribution < -0.4 is 10.6 Å². The SMILES string of the molecule is CNc1cc(NCC2CC(O)C2)ccn1. The van der Waals surface area contributed by atoms with Gasteiger partial charge in [0.05, 0.1) is 6.10 Å². The van der Waals surface area contributed by atoms with E-state index in [0.29, 0.717) is 5.92 Å². The van der Waals surface area contributed by atoms with Crippen molar-refractivity contribution in [3.63, 3.8) is 0 Å². The fraction of sp³-hybridized carbons (Fsp3) is 0.545. The maximum Gasteiger partial charge on any atom is 0.127 e. The van der Waals surface area contributed by atoms with Gasteiger partial charge in [-0.05, 0) is 24.8 Å². The minimum atomic E-state index is -0.0675. The van der Waals surface area contributed by atoms with Crippen LogP contribution in [0.25, 0.3) is 0 Å². The van der Waals surface area contributed by atoms with E-state index in [9.17, 15) is 0 Å². The number of pyridine rings is 1. The van der Waals surface area contributed by atoms with Crippen molar-refractivity contribution in [1.82, 2.24) is 4.98 Å². The summed E-state index contributed by atoms with van der Waals surface area (Å²) >= 11 is 0. The summed E-state index contributed by atoms with van der Waals surface area (Å²) < 4.78 is 0. The molecule has 2 rings (SSSR count). The zero-order valence-corrected chi connectivity index (χ0v) is 8.90. The molecule has 1 aliphatic carbocycles. The molecule has 1 saturated carbocycles. The molecule has 0 radical (unpaired) electrons. The number of aliphatic hydroxyl groups is 1. The second-order valence-corrected chi connectivity index (χ2v) is 4.05. The van der Waals surface area contributed by atoms with Crippen molar-refractivity contribution in [2.24, 2.45) is 5.92 Å². The Kier molecular flexibility index (Phi) is 3.06. The van der Waals surface area contributed by atoms with E-state index in [4.69, 9.17) is 5.11 Å². The van der Waals surface area contributed by atoms with Gasteiger partial charge in [-0.15, -0.1) is 0 Å². The van der Waals surface area contributed by atoms with Crippen molar-refractivity contribution < 1.29 is 5.11 Å². The third kappa shape index (κ3) is 2.59. The van der Waals surface area contributed by atoms with Gasteiger partial charge in [-0.1, -0.05) is 0 Å². The fourth-order valence-corrected chi connectivity index (χ4v) is 1.81. The van der Waals surface area contributed by atoms with Crippen LogP contribution in [0.4, 0.5) is 11.5 Å². The highest BCUT2D eigenvalue weighted by Crippen LogP contribution is 2.27. The summed E-state index contributed by atoms with van der Waals surface area (Å²) in [5.41, 5.74) is 1.08. The first-order valence-electron chi connectivity index (χ1n) is 5.33. The molecule has 1 heterocycles. The molecule has 1 aromatic rings. The third-order valence-corrected chi connectivity index (χ3v) is 2.82. The van der Waals surface area contributed by atoms with Crippen molar-refractivity contribution >= 4 is 11.5 Å². The molecule has 0 amide bonds. The summed E-state index contributed by atoms with van der Waals surface area (Å²) in [5.74, 6) is 1.49. The molecule has 0 bridgehead atoms. The number of anilines is 2. The number of hydrogen-bond donors (Lipinski definition) is 3. The van der Waals surface area contributed by atoms with Crippen LogP contribution in [0.3, 0.4) is 0 Å². The van der Waals surface area contributed by atoms with Crippen LogP contribution in [0.5, 0.6) is 0 Å². The van der Waals surface area contributed by atoms with Crippen LogP contribution in [0, 0.1) is 5.92 Å². The quantitative estimate of drug-likeness (QED) is 0.696. The van der Waals surface area contributed by atoms with Crippen LogP contribution in [0.1, 0.15) is 12.8 Å². The molecule has 0 atom stereocenters. The lowest BCUT2D eigenvalue weighted by molar-refractivity contribution is 0.0487. The average molecular weight is 207 g/mol. The Hall–Kier alpha value is -1.29. The third-order valence-electron chi connectivity index (χ3n) is 2.82. The largest absolute Gasteiger partial charge is 0.393 e. The number of nitrogens with zero attached hydrogens (tertiary/aromatic N) is 1. The van der Waals surface area contributed by atoms with E-state index in [2.05, 4.69) is 15.6 Å². The first-order chi connectivity index (χ1) is 7.28. The van der Waals surface area contributed by atoms with Crippen molar-refractivity contribution in [3.05, 3.63) is 18.3 Å². The van der Waals surface area contributed by atoms with E-state index in [1.807, 2.05) is 19.2 Å². The average Bonchev–Trinajstić information content (AvgIpc) is 2.23. The number of aliphatic hydroxyl groups excluding tert-OH is 1. The fourth-order valence-electron chi connectivity index (χ4n) is 1.81. The Bertz CT molecular complexity index is 323. The highest BCUT2D eigenvalue weighted by Gasteiger charge is 2.26. The molecule has 0 aliphatic heterocycles. The molecule has 0 spiro atoms. The monoisotopic (exact) mass is 207 g/mol. The predicted molar refractivity (Wildman–Crippen MR) is 61.0 cm³/mol. The van der Waals surface area contributed by atoms with Crippen LogP contribution in [-0.4, -0.2) is 29.8 Å². The van der Waals surface area contributed by atoms with Gasteiger partial charge in [0.2, 0.25) is 0 Å². The summed E-state index contributed by atoms with van der Waals surface area (Å²) in [5, 5.41) is 15.5. The molecule has 4 nitrogen and oxygen atoms in total. The van der Waals surface area contributed by atoms with Crippen LogP contribution in [0.2, 0.25) is 0 Å². The molecule has 1 fully saturated rings. The minimum Gasteiger partial charge on any atom is -0.393 e. The van der Waals surface area contributed by atoms with Gasteiger partial charge in [-0.2, -0.15) is 0 Å². The number of nitrogens with one attached hydrogen (secondary N) is 2.